The van der Waals surface area contributed by atoms with Crippen molar-refractivity contribution in [3.8, 4) is 22.8 Å². The van der Waals surface area contributed by atoms with Crippen molar-refractivity contribution in [1.82, 2.24) is 14.5 Å². The molecule has 0 amide bonds. The number of halogens is 1. The van der Waals surface area contributed by atoms with Crippen molar-refractivity contribution in [3.63, 3.8) is 0 Å². The molecule has 0 spiro atoms. The standard InChI is InChI=1S/C20H17FN4/c21-17-7-2-1-6-16(17)20-23-18-8-9-25(13-19(18)24-20)12-15-5-3-4-14(10-15)11-22/h1-10,13H,11-12,22H2. The summed E-state index contributed by atoms with van der Waals surface area (Å²) in [5, 5.41) is 0. The first-order chi connectivity index (χ1) is 12.2. The summed E-state index contributed by atoms with van der Waals surface area (Å²) in [6.07, 6.45) is 3.89. The lowest BCUT2D eigenvalue weighted by molar-refractivity contribution is 0.630. The first-order valence-electron chi connectivity index (χ1n) is 8.09. The summed E-state index contributed by atoms with van der Waals surface area (Å²) in [5.74, 6) is 0.0975. The molecule has 0 bridgehead atoms. The van der Waals surface area contributed by atoms with E-state index in [0.717, 1.165) is 17.0 Å². The normalized spacial score (nSPS) is 11.1. The Hall–Kier alpha value is -3.05. The number of hydrogen-bond donors (Lipinski definition) is 1. The molecule has 0 unspecified atom stereocenters. The van der Waals surface area contributed by atoms with E-state index in [0.29, 0.717) is 24.5 Å². The Labute approximate surface area is 145 Å². The van der Waals surface area contributed by atoms with Crippen LogP contribution < -0.4 is 5.73 Å². The Morgan fingerprint density at radius 1 is 0.920 bits per heavy atom. The van der Waals surface area contributed by atoms with Gasteiger partial charge in [-0.1, -0.05) is 36.4 Å². The molecule has 124 valence electrons. The van der Waals surface area contributed by atoms with Crippen LogP contribution in [-0.4, -0.2) is 14.5 Å². The number of nitrogens with zero attached hydrogens (tertiary/aromatic N) is 3. The SMILES string of the molecule is NCc1cccc(Cn2ccc3nc(-c4ccccc4F)nc-3c2)c1. The molecule has 2 aliphatic heterocycles. The van der Waals surface area contributed by atoms with Crippen molar-refractivity contribution < 1.29 is 4.39 Å². The highest BCUT2D eigenvalue weighted by Gasteiger charge is 2.15. The number of pyridine rings is 1. The van der Waals surface area contributed by atoms with Gasteiger partial charge in [0.2, 0.25) is 0 Å². The minimum Gasteiger partial charge on any atom is -0.348 e. The number of nitrogens with two attached hydrogens (primary N) is 1. The van der Waals surface area contributed by atoms with Crippen LogP contribution in [0, 0.1) is 5.82 Å². The summed E-state index contributed by atoms with van der Waals surface area (Å²) in [4.78, 5) is 8.93. The van der Waals surface area contributed by atoms with Gasteiger partial charge in [0.25, 0.3) is 0 Å². The molecule has 0 radical (unpaired) electrons. The molecule has 0 atom stereocenters. The Morgan fingerprint density at radius 2 is 1.72 bits per heavy atom. The van der Waals surface area contributed by atoms with E-state index in [-0.39, 0.29) is 5.82 Å². The molecule has 5 heteroatoms. The third-order valence-corrected chi connectivity index (χ3v) is 4.13. The Balaban J connectivity index is 1.67. The van der Waals surface area contributed by atoms with Gasteiger partial charge in [-0.2, -0.15) is 0 Å². The van der Waals surface area contributed by atoms with Gasteiger partial charge in [-0.25, -0.2) is 14.4 Å². The van der Waals surface area contributed by atoms with E-state index in [1.807, 2.05) is 35.2 Å². The Kier molecular flexibility index (Phi) is 3.99. The quantitative estimate of drug-likeness (QED) is 0.620. The highest BCUT2D eigenvalue weighted by molar-refractivity contribution is 5.65. The zero-order chi connectivity index (χ0) is 17.2. The summed E-state index contributed by atoms with van der Waals surface area (Å²) >= 11 is 0. The molecule has 25 heavy (non-hydrogen) atoms. The maximum Gasteiger partial charge on any atom is 0.163 e. The fourth-order valence-corrected chi connectivity index (χ4v) is 2.88. The molecule has 0 aromatic heterocycles. The summed E-state index contributed by atoms with van der Waals surface area (Å²) in [5.41, 5.74) is 9.89. The van der Waals surface area contributed by atoms with Crippen LogP contribution in [0.1, 0.15) is 11.1 Å². The second kappa shape index (κ2) is 6.45. The first kappa shape index (κ1) is 15.5. The van der Waals surface area contributed by atoms with Gasteiger partial charge in [-0.05, 0) is 29.3 Å². The third kappa shape index (κ3) is 3.14. The van der Waals surface area contributed by atoms with E-state index in [1.165, 1.54) is 11.6 Å². The number of imidazole rings is 1. The summed E-state index contributed by atoms with van der Waals surface area (Å²) in [6.45, 7) is 1.24. The van der Waals surface area contributed by atoms with Crippen LogP contribution in [0.2, 0.25) is 0 Å². The minimum absolute atomic E-state index is 0.315. The van der Waals surface area contributed by atoms with E-state index in [2.05, 4.69) is 22.1 Å². The van der Waals surface area contributed by atoms with Gasteiger partial charge in [0.05, 0.1) is 11.3 Å². The molecule has 4 nitrogen and oxygen atoms in total. The summed E-state index contributed by atoms with van der Waals surface area (Å²) < 4.78 is 16.0. The fraction of sp³-hybridized carbons (Fsp3) is 0.100. The zero-order valence-electron chi connectivity index (χ0n) is 13.6. The molecule has 2 aromatic rings. The van der Waals surface area contributed by atoms with Crippen molar-refractivity contribution in [2.45, 2.75) is 13.1 Å². The van der Waals surface area contributed by atoms with Gasteiger partial charge in [0.15, 0.2) is 5.82 Å². The number of aromatic nitrogens is 3. The highest BCUT2D eigenvalue weighted by Crippen LogP contribution is 2.26. The summed E-state index contributed by atoms with van der Waals surface area (Å²) in [6, 6.07) is 16.6. The lowest BCUT2D eigenvalue weighted by Crippen LogP contribution is -2.02. The molecule has 0 aliphatic carbocycles. The van der Waals surface area contributed by atoms with Crippen molar-refractivity contribution in [2.24, 2.45) is 5.73 Å². The molecule has 2 N–H and O–H groups in total. The number of benzene rings is 2. The molecular formula is C20H17FN4. The van der Waals surface area contributed by atoms with Gasteiger partial charge in [-0.3, -0.25) is 0 Å². The van der Waals surface area contributed by atoms with E-state index >= 15 is 0 Å². The van der Waals surface area contributed by atoms with Gasteiger partial charge in [0.1, 0.15) is 11.5 Å². The van der Waals surface area contributed by atoms with E-state index in [4.69, 9.17) is 5.73 Å². The lowest BCUT2D eigenvalue weighted by Gasteiger charge is -2.09. The molecule has 0 saturated heterocycles. The molecule has 2 aromatic carbocycles. The monoisotopic (exact) mass is 332 g/mol. The lowest BCUT2D eigenvalue weighted by atomic mass is 10.1. The highest BCUT2D eigenvalue weighted by atomic mass is 19.1. The number of rotatable bonds is 4. The molecule has 2 aliphatic rings. The van der Waals surface area contributed by atoms with Crippen molar-refractivity contribution in [3.05, 3.63) is 83.9 Å². The van der Waals surface area contributed by atoms with Crippen LogP contribution in [0.25, 0.3) is 22.8 Å². The first-order valence-corrected chi connectivity index (χ1v) is 8.09. The van der Waals surface area contributed by atoms with Gasteiger partial charge in [0, 0.05) is 25.5 Å². The summed E-state index contributed by atoms with van der Waals surface area (Å²) in [7, 11) is 0. The smallest absolute Gasteiger partial charge is 0.163 e. The average molecular weight is 332 g/mol. The van der Waals surface area contributed by atoms with E-state index in [9.17, 15) is 4.39 Å². The van der Waals surface area contributed by atoms with Crippen LogP contribution in [0.5, 0.6) is 0 Å². The van der Waals surface area contributed by atoms with Gasteiger partial charge < -0.3 is 10.3 Å². The molecule has 2 heterocycles. The van der Waals surface area contributed by atoms with Gasteiger partial charge in [-0.15, -0.1) is 0 Å². The molecule has 0 fully saturated rings. The predicted molar refractivity (Wildman–Crippen MR) is 95.5 cm³/mol. The number of hydrogen-bond acceptors (Lipinski definition) is 3. The molecular weight excluding hydrogens is 315 g/mol. The van der Waals surface area contributed by atoms with Crippen molar-refractivity contribution >= 4 is 0 Å². The van der Waals surface area contributed by atoms with E-state index < -0.39 is 0 Å². The molecule has 0 saturated carbocycles. The second-order valence-corrected chi connectivity index (χ2v) is 5.94. The molecule has 4 rings (SSSR count). The average Bonchev–Trinajstić information content (AvgIpc) is 3.05. The van der Waals surface area contributed by atoms with Crippen LogP contribution in [0.3, 0.4) is 0 Å². The number of fused-ring (bicyclic) bond motifs is 1. The maximum absolute atomic E-state index is 13.9. The zero-order valence-corrected chi connectivity index (χ0v) is 13.6. The van der Waals surface area contributed by atoms with Crippen LogP contribution in [-0.2, 0) is 13.1 Å². The Morgan fingerprint density at radius 3 is 2.56 bits per heavy atom. The fourth-order valence-electron chi connectivity index (χ4n) is 2.88. The maximum atomic E-state index is 13.9. The third-order valence-electron chi connectivity index (χ3n) is 4.13. The van der Waals surface area contributed by atoms with Gasteiger partial charge >= 0.3 is 0 Å². The second-order valence-electron chi connectivity index (χ2n) is 5.94. The largest absolute Gasteiger partial charge is 0.348 e. The van der Waals surface area contributed by atoms with Crippen LogP contribution >= 0.6 is 0 Å². The minimum atomic E-state index is -0.315. The van der Waals surface area contributed by atoms with E-state index in [1.54, 1.807) is 18.2 Å². The predicted octanol–water partition coefficient (Wildman–Crippen LogP) is 3.70. The topological polar surface area (TPSA) is 56.7 Å². The van der Waals surface area contributed by atoms with Crippen LogP contribution in [0.15, 0.2) is 67.0 Å². The van der Waals surface area contributed by atoms with Crippen LogP contribution in [0.4, 0.5) is 4.39 Å². The Bertz CT molecular complexity index is 992. The van der Waals surface area contributed by atoms with Crippen molar-refractivity contribution in [2.75, 3.05) is 0 Å². The van der Waals surface area contributed by atoms with Crippen molar-refractivity contribution in [1.29, 1.82) is 0 Å².